The van der Waals surface area contributed by atoms with E-state index < -0.39 is 34.6 Å². The zero-order valence-electron chi connectivity index (χ0n) is 10.4. The number of benzene rings is 2. The lowest BCUT2D eigenvalue weighted by Gasteiger charge is -2.11. The molecule has 106 valence electrons. The van der Waals surface area contributed by atoms with E-state index in [2.05, 4.69) is 0 Å². The van der Waals surface area contributed by atoms with E-state index in [0.717, 1.165) is 3.57 Å². The summed E-state index contributed by atoms with van der Waals surface area (Å²) < 4.78 is 67.7. The van der Waals surface area contributed by atoms with Gasteiger partial charge in [0.25, 0.3) is 0 Å². The van der Waals surface area contributed by atoms with Gasteiger partial charge in [0.1, 0.15) is 0 Å². The molecule has 0 atom stereocenters. The van der Waals surface area contributed by atoms with Crippen LogP contribution in [-0.2, 0) is 0 Å². The Kier molecular flexibility index (Phi) is 4.04. The maximum absolute atomic E-state index is 13.7. The van der Waals surface area contributed by atoms with Gasteiger partial charge in [0.2, 0.25) is 5.82 Å². The van der Waals surface area contributed by atoms with Gasteiger partial charge in [-0.15, -0.1) is 0 Å². The molecule has 0 saturated heterocycles. The van der Waals surface area contributed by atoms with E-state index in [9.17, 15) is 22.0 Å². The van der Waals surface area contributed by atoms with Crippen LogP contribution < -0.4 is 0 Å². The van der Waals surface area contributed by atoms with Crippen molar-refractivity contribution in [1.29, 1.82) is 0 Å². The van der Waals surface area contributed by atoms with Gasteiger partial charge in [-0.1, -0.05) is 12.1 Å². The van der Waals surface area contributed by atoms with Crippen molar-refractivity contribution in [3.63, 3.8) is 0 Å². The van der Waals surface area contributed by atoms with Crippen molar-refractivity contribution in [2.75, 3.05) is 0 Å². The quantitative estimate of drug-likeness (QED) is 0.266. The normalized spacial score (nSPS) is 11.0. The van der Waals surface area contributed by atoms with Crippen molar-refractivity contribution >= 4 is 22.6 Å². The van der Waals surface area contributed by atoms with Crippen LogP contribution in [0.15, 0.2) is 12.1 Å². The van der Waals surface area contributed by atoms with Crippen molar-refractivity contribution in [1.82, 2.24) is 0 Å². The van der Waals surface area contributed by atoms with E-state index in [1.807, 2.05) is 22.6 Å². The van der Waals surface area contributed by atoms with Crippen molar-refractivity contribution < 1.29 is 22.0 Å². The average molecular weight is 398 g/mol. The number of hydrogen-bond donors (Lipinski definition) is 0. The highest BCUT2D eigenvalue weighted by molar-refractivity contribution is 14.1. The van der Waals surface area contributed by atoms with Crippen LogP contribution in [0.2, 0.25) is 0 Å². The molecule has 0 saturated carbocycles. The molecule has 0 aliphatic rings. The van der Waals surface area contributed by atoms with E-state index in [1.165, 1.54) is 12.1 Å². The molecule has 0 aliphatic carbocycles. The number of aryl methyl sites for hydroxylation is 2. The lowest BCUT2D eigenvalue weighted by molar-refractivity contribution is 0.381. The molecule has 0 radical (unpaired) electrons. The molecule has 6 heteroatoms. The number of hydrogen-bond acceptors (Lipinski definition) is 0. The van der Waals surface area contributed by atoms with Gasteiger partial charge in [-0.25, -0.2) is 22.0 Å². The van der Waals surface area contributed by atoms with Crippen LogP contribution in [0.4, 0.5) is 22.0 Å². The molecule has 0 heterocycles. The topological polar surface area (TPSA) is 0 Å². The monoisotopic (exact) mass is 398 g/mol. The Labute approximate surface area is 125 Å². The van der Waals surface area contributed by atoms with Crippen LogP contribution in [0.25, 0.3) is 11.1 Å². The summed E-state index contributed by atoms with van der Waals surface area (Å²) in [4.78, 5) is 0. The first-order valence-electron chi connectivity index (χ1n) is 5.54. The zero-order valence-corrected chi connectivity index (χ0v) is 12.6. The van der Waals surface area contributed by atoms with Gasteiger partial charge in [-0.05, 0) is 53.1 Å². The highest BCUT2D eigenvalue weighted by atomic mass is 127. The molecule has 0 spiro atoms. The fraction of sp³-hybridized carbons (Fsp3) is 0.143. The number of halogens is 6. The second-order valence-corrected chi connectivity index (χ2v) is 5.45. The molecule has 0 amide bonds. The van der Waals surface area contributed by atoms with Gasteiger partial charge < -0.3 is 0 Å². The van der Waals surface area contributed by atoms with Gasteiger partial charge in [-0.3, -0.25) is 0 Å². The Morgan fingerprint density at radius 3 is 1.45 bits per heavy atom. The third kappa shape index (κ3) is 2.30. The molecule has 2 aromatic rings. The van der Waals surface area contributed by atoms with E-state index >= 15 is 0 Å². The minimum atomic E-state index is -2.15. The minimum absolute atomic E-state index is 0.0341. The standard InChI is InChI=1S/C14H8F5I/c1-5-3-7(4-6(2)14(5)20)8-9(15)11(17)13(19)12(18)10(8)16/h3-4H,1-2H3. The Hall–Kier alpha value is -1.18. The van der Waals surface area contributed by atoms with Gasteiger partial charge in [-0.2, -0.15) is 0 Å². The molecule has 0 nitrogen and oxygen atoms in total. The van der Waals surface area contributed by atoms with Crippen LogP contribution in [0.1, 0.15) is 11.1 Å². The second kappa shape index (κ2) is 5.31. The van der Waals surface area contributed by atoms with Gasteiger partial charge in [0.15, 0.2) is 23.3 Å². The lowest BCUT2D eigenvalue weighted by atomic mass is 9.99. The van der Waals surface area contributed by atoms with E-state index in [-0.39, 0.29) is 5.56 Å². The minimum Gasteiger partial charge on any atom is -0.203 e. The van der Waals surface area contributed by atoms with Crippen LogP contribution in [0.5, 0.6) is 0 Å². The summed E-state index contributed by atoms with van der Waals surface area (Å²) in [5.41, 5.74) is 0.464. The van der Waals surface area contributed by atoms with E-state index in [0.29, 0.717) is 11.1 Å². The fourth-order valence-electron chi connectivity index (χ4n) is 1.95. The smallest absolute Gasteiger partial charge is 0.200 e. The summed E-state index contributed by atoms with van der Waals surface area (Å²) in [5, 5.41) is 0. The SMILES string of the molecule is Cc1cc(-c2c(F)c(F)c(F)c(F)c2F)cc(C)c1I. The second-order valence-electron chi connectivity index (χ2n) is 4.37. The van der Waals surface area contributed by atoms with Gasteiger partial charge >= 0.3 is 0 Å². The number of rotatable bonds is 1. The molecule has 0 bridgehead atoms. The first-order valence-corrected chi connectivity index (χ1v) is 6.62. The zero-order chi connectivity index (χ0) is 15.2. The molecule has 0 fully saturated rings. The molecule has 2 rings (SSSR count). The Morgan fingerprint density at radius 1 is 0.700 bits per heavy atom. The van der Waals surface area contributed by atoms with E-state index in [4.69, 9.17) is 0 Å². The summed E-state index contributed by atoms with van der Waals surface area (Å²) in [7, 11) is 0. The molecule has 0 aliphatic heterocycles. The predicted molar refractivity (Wildman–Crippen MR) is 73.9 cm³/mol. The third-order valence-electron chi connectivity index (χ3n) is 2.93. The molecular formula is C14H8F5I. The lowest BCUT2D eigenvalue weighted by Crippen LogP contribution is -2.04. The highest BCUT2D eigenvalue weighted by Crippen LogP contribution is 2.33. The van der Waals surface area contributed by atoms with Crippen molar-refractivity contribution in [2.45, 2.75) is 13.8 Å². The van der Waals surface area contributed by atoms with Crippen molar-refractivity contribution in [2.24, 2.45) is 0 Å². The Bertz CT molecular complexity index is 657. The van der Waals surface area contributed by atoms with Crippen molar-refractivity contribution in [3.05, 3.63) is 55.9 Å². The summed E-state index contributed by atoms with van der Waals surface area (Å²) in [6.45, 7) is 3.40. The first-order chi connectivity index (χ1) is 9.25. The highest BCUT2D eigenvalue weighted by Gasteiger charge is 2.26. The van der Waals surface area contributed by atoms with Crippen LogP contribution >= 0.6 is 22.6 Å². The summed E-state index contributed by atoms with van der Waals surface area (Å²) >= 11 is 2.05. The average Bonchev–Trinajstić information content (AvgIpc) is 2.40. The Morgan fingerprint density at radius 2 is 1.05 bits per heavy atom. The van der Waals surface area contributed by atoms with Crippen LogP contribution in [0, 0.1) is 46.5 Å². The van der Waals surface area contributed by atoms with Gasteiger partial charge in [0, 0.05) is 3.57 Å². The largest absolute Gasteiger partial charge is 0.203 e. The predicted octanol–water partition coefficient (Wildman–Crippen LogP) is 5.27. The molecular weight excluding hydrogens is 390 g/mol. The molecule has 0 aromatic heterocycles. The van der Waals surface area contributed by atoms with Crippen LogP contribution in [-0.4, -0.2) is 0 Å². The van der Waals surface area contributed by atoms with Gasteiger partial charge in [0.05, 0.1) is 5.56 Å². The molecule has 20 heavy (non-hydrogen) atoms. The molecule has 0 unspecified atom stereocenters. The summed E-state index contributed by atoms with van der Waals surface area (Å²) in [6, 6.07) is 2.79. The maximum Gasteiger partial charge on any atom is 0.200 e. The maximum atomic E-state index is 13.7. The third-order valence-corrected chi connectivity index (χ3v) is 4.64. The van der Waals surface area contributed by atoms with Crippen molar-refractivity contribution in [3.8, 4) is 11.1 Å². The fourth-order valence-corrected chi connectivity index (χ4v) is 2.26. The Balaban J connectivity index is 2.83. The van der Waals surface area contributed by atoms with E-state index in [1.54, 1.807) is 13.8 Å². The van der Waals surface area contributed by atoms with Crippen LogP contribution in [0.3, 0.4) is 0 Å². The molecule has 0 N–H and O–H groups in total. The molecule has 2 aromatic carbocycles. The first kappa shape index (κ1) is 15.2. The summed E-state index contributed by atoms with van der Waals surface area (Å²) in [6.07, 6.45) is 0. The summed E-state index contributed by atoms with van der Waals surface area (Å²) in [5.74, 6) is -9.66.